The zero-order valence-corrected chi connectivity index (χ0v) is 17.6. The van der Waals surface area contributed by atoms with Gasteiger partial charge >= 0.3 is 0 Å². The molecule has 0 radical (unpaired) electrons. The number of para-hydroxylation sites is 2. The summed E-state index contributed by atoms with van der Waals surface area (Å²) in [4.78, 5) is 30.5. The van der Waals surface area contributed by atoms with Gasteiger partial charge in [0.25, 0.3) is 11.8 Å². The second kappa shape index (κ2) is 9.22. The van der Waals surface area contributed by atoms with Crippen LogP contribution in [0.4, 0.5) is 0 Å². The van der Waals surface area contributed by atoms with Crippen LogP contribution in [0.1, 0.15) is 37.7 Å². The molecule has 0 aliphatic heterocycles. The van der Waals surface area contributed by atoms with Crippen LogP contribution in [0.5, 0.6) is 11.5 Å². The fourth-order valence-corrected chi connectivity index (χ4v) is 2.96. The number of aryl methyl sites for hydroxylation is 2. The second-order valence-electron chi connectivity index (χ2n) is 7.19. The first-order chi connectivity index (χ1) is 14.4. The maximum atomic E-state index is 12.7. The SMILES string of the molecule is Cc1ccccc1Oc1ccccc1CNC(=O)c1ccc(C(=O)N(C)C)nc1C. The van der Waals surface area contributed by atoms with E-state index in [1.165, 1.54) is 4.90 Å². The Balaban J connectivity index is 1.73. The molecule has 0 unspecified atom stereocenters. The molecular formula is C24H25N3O3. The van der Waals surface area contributed by atoms with Crippen molar-refractivity contribution in [3.8, 4) is 11.5 Å². The summed E-state index contributed by atoms with van der Waals surface area (Å²) in [6.45, 7) is 4.01. The van der Waals surface area contributed by atoms with Gasteiger partial charge in [0, 0.05) is 26.2 Å². The number of nitrogens with one attached hydrogen (secondary N) is 1. The Morgan fingerprint density at radius 1 is 0.933 bits per heavy atom. The molecular weight excluding hydrogens is 378 g/mol. The maximum absolute atomic E-state index is 12.7. The summed E-state index contributed by atoms with van der Waals surface area (Å²) in [6.07, 6.45) is 0. The third kappa shape index (κ3) is 4.84. The van der Waals surface area contributed by atoms with Crippen LogP contribution in [0, 0.1) is 13.8 Å². The normalized spacial score (nSPS) is 10.4. The largest absolute Gasteiger partial charge is 0.457 e. The number of pyridine rings is 1. The van der Waals surface area contributed by atoms with Crippen molar-refractivity contribution in [2.24, 2.45) is 0 Å². The predicted octanol–water partition coefficient (Wildman–Crippen LogP) is 4.12. The number of rotatable bonds is 6. The van der Waals surface area contributed by atoms with Crippen LogP contribution in [-0.4, -0.2) is 35.8 Å². The summed E-state index contributed by atoms with van der Waals surface area (Å²) in [5, 5.41) is 2.91. The van der Waals surface area contributed by atoms with Gasteiger partial charge in [0.2, 0.25) is 0 Å². The number of hydrogen-bond acceptors (Lipinski definition) is 4. The van der Waals surface area contributed by atoms with Crippen molar-refractivity contribution in [2.45, 2.75) is 20.4 Å². The van der Waals surface area contributed by atoms with Crippen molar-refractivity contribution in [1.29, 1.82) is 0 Å². The van der Waals surface area contributed by atoms with E-state index in [4.69, 9.17) is 4.74 Å². The summed E-state index contributed by atoms with van der Waals surface area (Å²) in [6, 6.07) is 18.6. The molecule has 3 rings (SSSR count). The predicted molar refractivity (Wildman–Crippen MR) is 116 cm³/mol. The van der Waals surface area contributed by atoms with Crippen molar-refractivity contribution in [3.63, 3.8) is 0 Å². The molecule has 0 aliphatic rings. The monoisotopic (exact) mass is 403 g/mol. The molecule has 3 aromatic rings. The number of ether oxygens (including phenoxy) is 1. The number of aromatic nitrogens is 1. The number of benzene rings is 2. The fourth-order valence-electron chi connectivity index (χ4n) is 2.96. The first-order valence-corrected chi connectivity index (χ1v) is 9.65. The number of nitrogens with zero attached hydrogens (tertiary/aromatic N) is 2. The van der Waals surface area contributed by atoms with Crippen LogP contribution in [-0.2, 0) is 6.54 Å². The lowest BCUT2D eigenvalue weighted by atomic mass is 10.1. The Morgan fingerprint density at radius 3 is 2.27 bits per heavy atom. The molecule has 0 saturated carbocycles. The Bertz CT molecular complexity index is 1080. The summed E-state index contributed by atoms with van der Waals surface area (Å²) >= 11 is 0. The van der Waals surface area contributed by atoms with Crippen LogP contribution in [0.25, 0.3) is 0 Å². The van der Waals surface area contributed by atoms with E-state index in [-0.39, 0.29) is 11.8 Å². The van der Waals surface area contributed by atoms with E-state index in [1.54, 1.807) is 33.2 Å². The number of carbonyl (C=O) groups is 2. The maximum Gasteiger partial charge on any atom is 0.271 e. The number of carbonyl (C=O) groups excluding carboxylic acids is 2. The van der Waals surface area contributed by atoms with Crippen LogP contribution >= 0.6 is 0 Å². The summed E-state index contributed by atoms with van der Waals surface area (Å²) in [5.74, 6) is 1.01. The average molecular weight is 403 g/mol. The van der Waals surface area contributed by atoms with Crippen molar-refractivity contribution < 1.29 is 14.3 Å². The lowest BCUT2D eigenvalue weighted by Crippen LogP contribution is -2.26. The zero-order chi connectivity index (χ0) is 21.7. The van der Waals surface area contributed by atoms with Crippen molar-refractivity contribution in [1.82, 2.24) is 15.2 Å². The van der Waals surface area contributed by atoms with Gasteiger partial charge in [-0.15, -0.1) is 0 Å². The van der Waals surface area contributed by atoms with E-state index in [2.05, 4.69) is 10.3 Å². The second-order valence-corrected chi connectivity index (χ2v) is 7.19. The molecule has 0 atom stereocenters. The molecule has 2 amide bonds. The third-order valence-corrected chi connectivity index (χ3v) is 4.68. The van der Waals surface area contributed by atoms with Crippen LogP contribution < -0.4 is 10.1 Å². The molecule has 0 aliphatic carbocycles. The highest BCUT2D eigenvalue weighted by Crippen LogP contribution is 2.27. The Morgan fingerprint density at radius 2 is 1.60 bits per heavy atom. The first kappa shape index (κ1) is 21.0. The molecule has 0 fully saturated rings. The summed E-state index contributed by atoms with van der Waals surface area (Å²) < 4.78 is 6.06. The molecule has 0 spiro atoms. The molecule has 6 heteroatoms. The lowest BCUT2D eigenvalue weighted by Gasteiger charge is -2.14. The highest BCUT2D eigenvalue weighted by molar-refractivity contribution is 5.97. The van der Waals surface area contributed by atoms with Gasteiger partial charge in [0.05, 0.1) is 11.3 Å². The minimum atomic E-state index is -0.255. The summed E-state index contributed by atoms with van der Waals surface area (Å²) in [7, 11) is 3.33. The van der Waals surface area contributed by atoms with E-state index in [1.807, 2.05) is 55.5 Å². The molecule has 1 aromatic heterocycles. The van der Waals surface area contributed by atoms with Crippen LogP contribution in [0.15, 0.2) is 60.7 Å². The Kier molecular flexibility index (Phi) is 6.47. The molecule has 30 heavy (non-hydrogen) atoms. The van der Waals surface area contributed by atoms with Gasteiger partial charge in [-0.25, -0.2) is 4.98 Å². The average Bonchev–Trinajstić information content (AvgIpc) is 2.73. The van der Waals surface area contributed by atoms with Gasteiger partial charge in [0.15, 0.2) is 0 Å². The van der Waals surface area contributed by atoms with Gasteiger partial charge in [-0.3, -0.25) is 9.59 Å². The van der Waals surface area contributed by atoms with Gasteiger partial charge in [-0.1, -0.05) is 36.4 Å². The van der Waals surface area contributed by atoms with Crippen molar-refractivity contribution in [2.75, 3.05) is 14.1 Å². The lowest BCUT2D eigenvalue weighted by molar-refractivity contribution is 0.0820. The highest BCUT2D eigenvalue weighted by Gasteiger charge is 2.15. The Hall–Kier alpha value is -3.67. The van der Waals surface area contributed by atoms with E-state index in [9.17, 15) is 9.59 Å². The van der Waals surface area contributed by atoms with E-state index in [0.29, 0.717) is 29.2 Å². The summed E-state index contributed by atoms with van der Waals surface area (Å²) in [5.41, 5.74) is 3.14. The van der Waals surface area contributed by atoms with Gasteiger partial charge < -0.3 is 15.0 Å². The van der Waals surface area contributed by atoms with Crippen molar-refractivity contribution in [3.05, 3.63) is 88.7 Å². The molecule has 1 N–H and O–H groups in total. The smallest absolute Gasteiger partial charge is 0.271 e. The molecule has 6 nitrogen and oxygen atoms in total. The van der Waals surface area contributed by atoms with E-state index < -0.39 is 0 Å². The molecule has 154 valence electrons. The molecule has 2 aromatic carbocycles. The number of amides is 2. The third-order valence-electron chi connectivity index (χ3n) is 4.68. The Labute approximate surface area is 176 Å². The quantitative estimate of drug-likeness (QED) is 0.672. The minimum Gasteiger partial charge on any atom is -0.457 e. The van der Waals surface area contributed by atoms with E-state index in [0.717, 1.165) is 16.9 Å². The molecule has 0 bridgehead atoms. The number of hydrogen-bond donors (Lipinski definition) is 1. The van der Waals surface area contributed by atoms with Gasteiger partial charge in [-0.2, -0.15) is 0 Å². The standard InChI is InChI=1S/C24H25N3O3/c1-16-9-5-7-11-21(16)30-22-12-8-6-10-18(22)15-25-23(28)19-13-14-20(26-17(19)2)24(29)27(3)4/h5-14H,15H2,1-4H3,(H,25,28). The zero-order valence-electron chi connectivity index (χ0n) is 17.6. The van der Waals surface area contributed by atoms with Crippen LogP contribution in [0.3, 0.4) is 0 Å². The minimum absolute atomic E-state index is 0.202. The topological polar surface area (TPSA) is 71.5 Å². The fraction of sp³-hybridized carbons (Fsp3) is 0.208. The molecule has 0 saturated heterocycles. The first-order valence-electron chi connectivity index (χ1n) is 9.65. The van der Waals surface area contributed by atoms with Crippen LogP contribution in [0.2, 0.25) is 0 Å². The molecule has 1 heterocycles. The van der Waals surface area contributed by atoms with Crippen molar-refractivity contribution >= 4 is 11.8 Å². The van der Waals surface area contributed by atoms with Gasteiger partial charge in [-0.05, 0) is 43.7 Å². The highest BCUT2D eigenvalue weighted by atomic mass is 16.5. The van der Waals surface area contributed by atoms with Gasteiger partial charge in [0.1, 0.15) is 17.2 Å². The van der Waals surface area contributed by atoms with E-state index >= 15 is 0 Å².